The molecule has 0 bridgehead atoms. The van der Waals surface area contributed by atoms with Crippen molar-refractivity contribution in [2.45, 2.75) is 12.2 Å². The summed E-state index contributed by atoms with van der Waals surface area (Å²) in [5, 5.41) is 0.170. The van der Waals surface area contributed by atoms with Gasteiger partial charge in [-0.1, -0.05) is 6.92 Å². The molecular formula is C14H5AlBr5F5O2. The Bertz CT molecular complexity index is 785. The highest BCUT2D eigenvalue weighted by Gasteiger charge is 2.37. The van der Waals surface area contributed by atoms with Crippen molar-refractivity contribution < 1.29 is 29.5 Å². The van der Waals surface area contributed by atoms with Gasteiger partial charge >= 0.3 is 14.8 Å². The maximum Gasteiger partial charge on any atom is 0.856 e. The monoisotopic (exact) mass is 722 g/mol. The summed E-state index contributed by atoms with van der Waals surface area (Å²) in [7, 11) is 0. The number of hydrogen-bond acceptors (Lipinski definition) is 2. The van der Waals surface area contributed by atoms with Crippen molar-refractivity contribution in [3.05, 3.63) is 51.4 Å². The van der Waals surface area contributed by atoms with Crippen molar-refractivity contribution in [2.24, 2.45) is 0 Å². The SMILES string of the molecule is C[CH2][Al]([O]c1c(F)c(F)c(F)c(F)c1F)[O]c1c(Br)c(Br)c(Br)c(Br)c1Br. The van der Waals surface area contributed by atoms with E-state index in [0.717, 1.165) is 0 Å². The molecule has 0 heterocycles. The van der Waals surface area contributed by atoms with E-state index in [2.05, 4.69) is 79.6 Å². The van der Waals surface area contributed by atoms with Gasteiger partial charge in [0.2, 0.25) is 29.1 Å². The van der Waals surface area contributed by atoms with Gasteiger partial charge in [0.1, 0.15) is 5.75 Å². The van der Waals surface area contributed by atoms with Gasteiger partial charge in [-0.15, -0.1) is 0 Å². The Balaban J connectivity index is 2.45. The fourth-order valence-electron chi connectivity index (χ4n) is 1.83. The Labute approximate surface area is 197 Å². The molecule has 146 valence electrons. The lowest BCUT2D eigenvalue weighted by atomic mass is 10.3. The quantitative estimate of drug-likeness (QED) is 0.134. The topological polar surface area (TPSA) is 18.5 Å². The Morgan fingerprint density at radius 1 is 0.593 bits per heavy atom. The zero-order valence-electron chi connectivity index (χ0n) is 12.9. The number of hydrogen-bond donors (Lipinski definition) is 0. The molecule has 0 amide bonds. The lowest BCUT2D eigenvalue weighted by Gasteiger charge is -2.20. The third-order valence-electron chi connectivity index (χ3n) is 3.17. The molecule has 0 spiro atoms. The maximum absolute atomic E-state index is 13.9. The molecule has 0 saturated carbocycles. The average molecular weight is 727 g/mol. The Morgan fingerprint density at radius 2 is 0.926 bits per heavy atom. The first-order chi connectivity index (χ1) is 12.5. The summed E-state index contributed by atoms with van der Waals surface area (Å²) in [4.78, 5) is 0. The normalized spacial score (nSPS) is 10.9. The van der Waals surface area contributed by atoms with Crippen LogP contribution in [-0.2, 0) is 0 Å². The first kappa shape index (κ1) is 23.9. The summed E-state index contributed by atoms with van der Waals surface area (Å²) < 4.78 is 81.2. The van der Waals surface area contributed by atoms with Crippen LogP contribution in [0.5, 0.6) is 11.5 Å². The Hall–Kier alpha value is 0.622. The number of rotatable bonds is 5. The van der Waals surface area contributed by atoms with E-state index in [0.29, 0.717) is 22.4 Å². The third kappa shape index (κ3) is 4.70. The highest BCUT2D eigenvalue weighted by Crippen LogP contribution is 2.49. The summed E-state index contributed by atoms with van der Waals surface area (Å²) >= 11 is 13.7. The van der Waals surface area contributed by atoms with Gasteiger partial charge in [-0.2, -0.15) is 8.78 Å². The zero-order chi connectivity index (χ0) is 20.6. The van der Waals surface area contributed by atoms with Gasteiger partial charge in [0.15, 0.2) is 5.75 Å². The molecule has 2 aromatic rings. The predicted molar refractivity (Wildman–Crippen MR) is 109 cm³/mol. The summed E-state index contributed by atoms with van der Waals surface area (Å²) in [5.41, 5.74) is 0. The van der Waals surface area contributed by atoms with E-state index in [1.54, 1.807) is 6.92 Å². The van der Waals surface area contributed by atoms with Gasteiger partial charge in [-0.25, -0.2) is 13.2 Å². The zero-order valence-corrected chi connectivity index (χ0v) is 22.0. The second-order valence-electron chi connectivity index (χ2n) is 4.87. The van der Waals surface area contributed by atoms with E-state index < -0.39 is 49.7 Å². The smallest absolute Gasteiger partial charge is 0.610 e. The van der Waals surface area contributed by atoms with E-state index in [1.807, 2.05) is 0 Å². The Morgan fingerprint density at radius 3 is 1.33 bits per heavy atom. The molecule has 27 heavy (non-hydrogen) atoms. The molecule has 0 atom stereocenters. The van der Waals surface area contributed by atoms with Crippen LogP contribution in [0.15, 0.2) is 22.4 Å². The lowest BCUT2D eigenvalue weighted by Crippen LogP contribution is -2.30. The highest BCUT2D eigenvalue weighted by atomic mass is 79.9. The van der Waals surface area contributed by atoms with Gasteiger partial charge in [-0.05, 0) is 84.9 Å². The first-order valence-corrected chi connectivity index (χ1v) is 12.6. The van der Waals surface area contributed by atoms with Crippen LogP contribution in [0.2, 0.25) is 5.28 Å². The molecule has 2 rings (SSSR count). The van der Waals surface area contributed by atoms with Gasteiger partial charge in [0.25, 0.3) is 0 Å². The van der Waals surface area contributed by atoms with Crippen molar-refractivity contribution in [3.63, 3.8) is 0 Å². The summed E-state index contributed by atoms with van der Waals surface area (Å²) in [6.07, 6.45) is 0. The molecule has 0 aliphatic rings. The predicted octanol–water partition coefficient (Wildman–Crippen LogP) is 8.16. The van der Waals surface area contributed by atoms with Crippen molar-refractivity contribution >= 4 is 94.5 Å². The third-order valence-corrected chi connectivity index (χ3v) is 10.9. The van der Waals surface area contributed by atoms with Crippen LogP contribution < -0.4 is 7.58 Å². The van der Waals surface area contributed by atoms with Crippen LogP contribution in [-0.4, -0.2) is 14.8 Å². The average Bonchev–Trinajstić information content (AvgIpc) is 2.66. The minimum absolute atomic E-state index is 0.170. The van der Waals surface area contributed by atoms with Crippen molar-refractivity contribution in [3.8, 4) is 11.5 Å². The van der Waals surface area contributed by atoms with Crippen LogP contribution in [0.3, 0.4) is 0 Å². The maximum atomic E-state index is 13.9. The summed E-state index contributed by atoms with van der Waals surface area (Å²) in [6.45, 7) is 1.60. The van der Waals surface area contributed by atoms with Crippen LogP contribution in [0, 0.1) is 29.1 Å². The lowest BCUT2D eigenvalue weighted by molar-refractivity contribution is 0.330. The van der Waals surface area contributed by atoms with Gasteiger partial charge in [0.05, 0.1) is 17.9 Å². The number of halogens is 10. The van der Waals surface area contributed by atoms with Crippen molar-refractivity contribution in [1.82, 2.24) is 0 Å². The van der Waals surface area contributed by atoms with E-state index in [4.69, 9.17) is 7.58 Å². The van der Waals surface area contributed by atoms with Crippen LogP contribution in [0.1, 0.15) is 6.92 Å². The van der Waals surface area contributed by atoms with E-state index in [-0.39, 0.29) is 11.0 Å². The van der Waals surface area contributed by atoms with E-state index in [1.165, 1.54) is 0 Å². The van der Waals surface area contributed by atoms with E-state index in [9.17, 15) is 22.0 Å². The molecule has 0 unspecified atom stereocenters. The van der Waals surface area contributed by atoms with Crippen LogP contribution >= 0.6 is 79.6 Å². The molecule has 13 heteroatoms. The Kier molecular flexibility index (Phi) is 8.52. The molecule has 0 fully saturated rings. The molecular weight excluding hydrogens is 722 g/mol. The van der Waals surface area contributed by atoms with Gasteiger partial charge in [-0.3, -0.25) is 0 Å². The van der Waals surface area contributed by atoms with E-state index >= 15 is 0 Å². The molecule has 0 radical (unpaired) electrons. The number of benzene rings is 2. The minimum Gasteiger partial charge on any atom is -0.610 e. The molecule has 2 nitrogen and oxygen atoms in total. The first-order valence-electron chi connectivity index (χ1n) is 6.88. The molecule has 0 saturated heterocycles. The molecule has 0 aromatic heterocycles. The standard InChI is InChI=1S/C6HBr5O.C6HF5O.C2H5.Al/c2*7-1-2(8)4(10)6(12)5(11)3(1)9;1-2;/h2*12H;1H2,2H3;/q;;;+2/p-2. The molecule has 0 N–H and O–H groups in total. The highest BCUT2D eigenvalue weighted by molar-refractivity contribution is 9.15. The second kappa shape index (κ2) is 9.62. The summed E-state index contributed by atoms with van der Waals surface area (Å²) in [6, 6.07) is 0. The summed E-state index contributed by atoms with van der Waals surface area (Å²) in [5.74, 6) is -11.6. The molecule has 2 aromatic carbocycles. The second-order valence-corrected chi connectivity index (χ2v) is 11.0. The van der Waals surface area contributed by atoms with Crippen LogP contribution in [0.4, 0.5) is 22.0 Å². The van der Waals surface area contributed by atoms with Gasteiger partial charge < -0.3 is 7.58 Å². The molecule has 0 aliphatic heterocycles. The fraction of sp³-hybridized carbons (Fsp3) is 0.143. The van der Waals surface area contributed by atoms with Gasteiger partial charge in [0, 0.05) is 4.47 Å². The minimum atomic E-state index is -2.95. The molecule has 0 aliphatic carbocycles. The fourth-order valence-corrected chi connectivity index (χ4v) is 6.72. The largest absolute Gasteiger partial charge is 0.856 e. The van der Waals surface area contributed by atoms with Crippen molar-refractivity contribution in [2.75, 3.05) is 0 Å². The van der Waals surface area contributed by atoms with Crippen molar-refractivity contribution in [1.29, 1.82) is 0 Å². The van der Waals surface area contributed by atoms with Crippen LogP contribution in [0.25, 0.3) is 0 Å².